The van der Waals surface area contributed by atoms with Gasteiger partial charge in [-0.05, 0) is 36.2 Å². The van der Waals surface area contributed by atoms with Crippen molar-refractivity contribution < 1.29 is 14.5 Å². The first-order valence-electron chi connectivity index (χ1n) is 8.35. The number of nitrogens with one attached hydrogen (secondary N) is 1. The van der Waals surface area contributed by atoms with Crippen LogP contribution in [-0.4, -0.2) is 20.6 Å². The predicted molar refractivity (Wildman–Crippen MR) is 99.7 cm³/mol. The topological polar surface area (TPSA) is 99.3 Å². The van der Waals surface area contributed by atoms with Crippen LogP contribution in [-0.2, 0) is 13.2 Å². The summed E-state index contributed by atoms with van der Waals surface area (Å²) in [7, 11) is 0. The second-order valence-corrected chi connectivity index (χ2v) is 5.80. The molecule has 1 amide bonds. The lowest BCUT2D eigenvalue weighted by atomic mass is 10.2. The Morgan fingerprint density at radius 2 is 1.89 bits per heavy atom. The molecule has 0 aliphatic rings. The number of anilines is 1. The first kappa shape index (κ1) is 18.1. The molecule has 3 aromatic rings. The smallest absolute Gasteiger partial charge is 0.269 e. The van der Waals surface area contributed by atoms with Crippen molar-refractivity contribution in [2.45, 2.75) is 20.1 Å². The van der Waals surface area contributed by atoms with Crippen LogP contribution in [0.4, 0.5) is 11.4 Å². The van der Waals surface area contributed by atoms with Crippen LogP contribution in [0.5, 0.6) is 5.75 Å². The SMILES string of the molecule is CCc1ccc(OCn2cc(NC(=O)c3ccc([N+](=O)[O-])cc3)cn2)cc1. The third-order valence-electron chi connectivity index (χ3n) is 3.93. The van der Waals surface area contributed by atoms with Crippen LogP contribution in [0.25, 0.3) is 0 Å². The molecule has 0 aliphatic heterocycles. The van der Waals surface area contributed by atoms with Gasteiger partial charge in [-0.25, -0.2) is 4.68 Å². The van der Waals surface area contributed by atoms with Gasteiger partial charge in [-0.3, -0.25) is 14.9 Å². The van der Waals surface area contributed by atoms with Gasteiger partial charge in [0.1, 0.15) is 5.75 Å². The van der Waals surface area contributed by atoms with Crippen LogP contribution in [0, 0.1) is 10.1 Å². The molecule has 0 unspecified atom stereocenters. The molecule has 0 bridgehead atoms. The van der Waals surface area contributed by atoms with Crippen molar-refractivity contribution in [3.63, 3.8) is 0 Å². The monoisotopic (exact) mass is 366 g/mol. The second-order valence-electron chi connectivity index (χ2n) is 5.80. The Kier molecular flexibility index (Phi) is 5.46. The fourth-order valence-electron chi connectivity index (χ4n) is 2.40. The lowest BCUT2D eigenvalue weighted by molar-refractivity contribution is -0.384. The minimum atomic E-state index is -0.512. The maximum atomic E-state index is 12.2. The summed E-state index contributed by atoms with van der Waals surface area (Å²) in [6, 6.07) is 13.2. The number of ether oxygens (including phenoxy) is 1. The highest BCUT2D eigenvalue weighted by molar-refractivity contribution is 6.04. The van der Waals surface area contributed by atoms with E-state index in [9.17, 15) is 14.9 Å². The maximum absolute atomic E-state index is 12.2. The molecule has 27 heavy (non-hydrogen) atoms. The third-order valence-corrected chi connectivity index (χ3v) is 3.93. The van der Waals surface area contributed by atoms with Crippen molar-refractivity contribution in [2.24, 2.45) is 0 Å². The molecule has 1 heterocycles. The van der Waals surface area contributed by atoms with E-state index >= 15 is 0 Å². The highest BCUT2D eigenvalue weighted by atomic mass is 16.6. The predicted octanol–water partition coefficient (Wildman–Crippen LogP) is 3.64. The van der Waals surface area contributed by atoms with Gasteiger partial charge < -0.3 is 10.1 Å². The number of aryl methyl sites for hydroxylation is 1. The maximum Gasteiger partial charge on any atom is 0.269 e. The summed E-state index contributed by atoms with van der Waals surface area (Å²) in [5.41, 5.74) is 1.99. The quantitative estimate of drug-likeness (QED) is 0.508. The van der Waals surface area contributed by atoms with Gasteiger partial charge in [-0.2, -0.15) is 5.10 Å². The first-order chi connectivity index (χ1) is 13.0. The summed E-state index contributed by atoms with van der Waals surface area (Å²) in [5, 5.41) is 17.5. The fraction of sp³-hybridized carbons (Fsp3) is 0.158. The Balaban J connectivity index is 1.56. The number of nitrogens with zero attached hydrogens (tertiary/aromatic N) is 3. The van der Waals surface area contributed by atoms with Crippen LogP contribution in [0.15, 0.2) is 60.9 Å². The zero-order valence-electron chi connectivity index (χ0n) is 14.7. The number of hydrogen-bond donors (Lipinski definition) is 1. The molecular formula is C19H18N4O4. The van der Waals surface area contributed by atoms with Crippen molar-refractivity contribution in [1.29, 1.82) is 0 Å². The van der Waals surface area contributed by atoms with E-state index in [1.54, 1.807) is 10.9 Å². The number of aromatic nitrogens is 2. The Hall–Kier alpha value is -3.68. The van der Waals surface area contributed by atoms with E-state index in [-0.39, 0.29) is 18.3 Å². The molecule has 1 N–H and O–H groups in total. The minimum absolute atomic E-state index is 0.0662. The summed E-state index contributed by atoms with van der Waals surface area (Å²) in [4.78, 5) is 22.3. The van der Waals surface area contributed by atoms with Crippen LogP contribution in [0.3, 0.4) is 0 Å². The van der Waals surface area contributed by atoms with Gasteiger partial charge in [-0.1, -0.05) is 19.1 Å². The molecule has 0 atom stereocenters. The molecule has 0 saturated carbocycles. The van der Waals surface area contributed by atoms with Crippen molar-refractivity contribution in [2.75, 3.05) is 5.32 Å². The Morgan fingerprint density at radius 1 is 1.19 bits per heavy atom. The van der Waals surface area contributed by atoms with Crippen LogP contribution in [0.1, 0.15) is 22.8 Å². The van der Waals surface area contributed by atoms with Crippen LogP contribution < -0.4 is 10.1 Å². The lowest BCUT2D eigenvalue weighted by Crippen LogP contribution is -2.11. The van der Waals surface area contributed by atoms with Crippen molar-refractivity contribution in [3.8, 4) is 5.75 Å². The Bertz CT molecular complexity index is 933. The molecular weight excluding hydrogens is 348 g/mol. The minimum Gasteiger partial charge on any atom is -0.471 e. The number of carbonyl (C=O) groups excluding carboxylic acids is 1. The number of non-ortho nitro benzene ring substituents is 1. The Morgan fingerprint density at radius 3 is 2.52 bits per heavy atom. The summed E-state index contributed by atoms with van der Waals surface area (Å²) in [5.74, 6) is 0.361. The number of rotatable bonds is 7. The standard InChI is InChI=1S/C19H18N4O4/c1-2-14-3-9-18(10-4-14)27-13-22-12-16(11-20-22)21-19(24)15-5-7-17(8-6-15)23(25)26/h3-12H,2,13H2,1H3,(H,21,24). The number of amides is 1. The van der Waals surface area contributed by atoms with E-state index in [0.717, 1.165) is 12.2 Å². The summed E-state index contributed by atoms with van der Waals surface area (Å²) >= 11 is 0. The Labute approximate surface area is 155 Å². The lowest BCUT2D eigenvalue weighted by Gasteiger charge is -2.06. The highest BCUT2D eigenvalue weighted by Gasteiger charge is 2.10. The van der Waals surface area contributed by atoms with Gasteiger partial charge in [0.2, 0.25) is 0 Å². The molecule has 0 spiro atoms. The molecule has 3 rings (SSSR count). The molecule has 0 fully saturated rings. The van der Waals surface area contributed by atoms with E-state index in [0.29, 0.717) is 11.3 Å². The zero-order chi connectivity index (χ0) is 19.2. The van der Waals surface area contributed by atoms with Gasteiger partial charge in [0.15, 0.2) is 6.73 Å². The van der Waals surface area contributed by atoms with Crippen molar-refractivity contribution in [1.82, 2.24) is 9.78 Å². The zero-order valence-corrected chi connectivity index (χ0v) is 14.7. The molecule has 1 aromatic heterocycles. The van der Waals surface area contributed by atoms with Gasteiger partial charge in [0.25, 0.3) is 11.6 Å². The summed E-state index contributed by atoms with van der Waals surface area (Å²) < 4.78 is 7.21. The van der Waals surface area contributed by atoms with E-state index in [1.165, 1.54) is 36.0 Å². The van der Waals surface area contributed by atoms with E-state index in [1.807, 2.05) is 24.3 Å². The normalized spacial score (nSPS) is 10.4. The number of nitro groups is 1. The van der Waals surface area contributed by atoms with Crippen LogP contribution in [0.2, 0.25) is 0 Å². The average Bonchev–Trinajstić information content (AvgIpc) is 3.14. The molecule has 0 saturated heterocycles. The summed E-state index contributed by atoms with van der Waals surface area (Å²) in [6.45, 7) is 2.30. The van der Waals surface area contributed by atoms with E-state index in [4.69, 9.17) is 4.74 Å². The van der Waals surface area contributed by atoms with E-state index in [2.05, 4.69) is 17.3 Å². The van der Waals surface area contributed by atoms with Crippen molar-refractivity contribution >= 4 is 17.3 Å². The molecule has 2 aromatic carbocycles. The molecule has 0 aliphatic carbocycles. The first-order valence-corrected chi connectivity index (χ1v) is 8.35. The summed E-state index contributed by atoms with van der Waals surface area (Å²) in [6.07, 6.45) is 4.12. The number of carbonyl (C=O) groups is 1. The number of nitro benzene ring substituents is 1. The molecule has 8 heteroatoms. The van der Waals surface area contributed by atoms with Gasteiger partial charge in [0, 0.05) is 17.7 Å². The highest BCUT2D eigenvalue weighted by Crippen LogP contribution is 2.15. The molecule has 138 valence electrons. The second kappa shape index (κ2) is 8.13. The third kappa shape index (κ3) is 4.69. The van der Waals surface area contributed by atoms with Gasteiger partial charge >= 0.3 is 0 Å². The van der Waals surface area contributed by atoms with Crippen molar-refractivity contribution in [3.05, 3.63) is 82.2 Å². The van der Waals surface area contributed by atoms with Gasteiger partial charge in [-0.15, -0.1) is 0 Å². The van der Waals surface area contributed by atoms with Crippen LogP contribution >= 0.6 is 0 Å². The fourth-order valence-corrected chi connectivity index (χ4v) is 2.40. The molecule has 8 nitrogen and oxygen atoms in total. The average molecular weight is 366 g/mol. The largest absolute Gasteiger partial charge is 0.471 e. The number of hydrogen-bond acceptors (Lipinski definition) is 5. The molecule has 0 radical (unpaired) electrons. The number of benzene rings is 2. The van der Waals surface area contributed by atoms with E-state index < -0.39 is 4.92 Å². The van der Waals surface area contributed by atoms with Gasteiger partial charge in [0.05, 0.1) is 23.0 Å².